The largest absolute Gasteiger partial charge is 0.459 e. The zero-order valence-corrected chi connectivity index (χ0v) is 16.2. The number of thiazole rings is 1. The number of carbonyl (C=O) groups excluding carboxylic acids is 1. The normalized spacial score (nSPS) is 15.3. The molecular formula is C20H23N3O3S. The highest BCUT2D eigenvalue weighted by Crippen LogP contribution is 2.31. The fourth-order valence-corrected chi connectivity index (χ4v) is 4.32. The average molecular weight is 385 g/mol. The van der Waals surface area contributed by atoms with Crippen molar-refractivity contribution in [3.05, 3.63) is 47.9 Å². The molecule has 142 valence electrons. The van der Waals surface area contributed by atoms with Crippen molar-refractivity contribution in [2.75, 3.05) is 44.3 Å². The number of ether oxygens (including phenoxy) is 1. The Morgan fingerprint density at radius 1 is 1.26 bits per heavy atom. The SMILES string of the molecule is CCc1cccc2sc(N(CCN3CCOCC3)C(=O)c3ccco3)nc12. The number of morpholine rings is 1. The van der Waals surface area contributed by atoms with Gasteiger partial charge in [-0.1, -0.05) is 30.4 Å². The van der Waals surface area contributed by atoms with Gasteiger partial charge in [0, 0.05) is 26.2 Å². The van der Waals surface area contributed by atoms with Gasteiger partial charge >= 0.3 is 0 Å². The van der Waals surface area contributed by atoms with Crippen LogP contribution < -0.4 is 4.90 Å². The van der Waals surface area contributed by atoms with Crippen LogP contribution in [0.2, 0.25) is 0 Å². The molecule has 7 heteroatoms. The molecule has 0 N–H and O–H groups in total. The Morgan fingerprint density at radius 2 is 2.11 bits per heavy atom. The summed E-state index contributed by atoms with van der Waals surface area (Å²) in [5.41, 5.74) is 2.19. The maximum Gasteiger partial charge on any atom is 0.295 e. The molecular weight excluding hydrogens is 362 g/mol. The van der Waals surface area contributed by atoms with Crippen molar-refractivity contribution in [1.29, 1.82) is 0 Å². The Labute approximate surface area is 162 Å². The molecule has 27 heavy (non-hydrogen) atoms. The Kier molecular flexibility index (Phi) is 5.52. The van der Waals surface area contributed by atoms with Gasteiger partial charge in [-0.2, -0.15) is 0 Å². The molecule has 0 saturated carbocycles. The van der Waals surface area contributed by atoms with Crippen molar-refractivity contribution in [1.82, 2.24) is 9.88 Å². The summed E-state index contributed by atoms with van der Waals surface area (Å²) in [7, 11) is 0. The highest BCUT2D eigenvalue weighted by atomic mass is 32.1. The van der Waals surface area contributed by atoms with E-state index in [4.69, 9.17) is 14.1 Å². The minimum atomic E-state index is -0.148. The lowest BCUT2D eigenvalue weighted by atomic mass is 10.1. The maximum absolute atomic E-state index is 13.1. The lowest BCUT2D eigenvalue weighted by molar-refractivity contribution is 0.0390. The Morgan fingerprint density at radius 3 is 2.85 bits per heavy atom. The van der Waals surface area contributed by atoms with Crippen LogP contribution in [0.25, 0.3) is 10.2 Å². The van der Waals surface area contributed by atoms with Gasteiger partial charge in [0.05, 0.1) is 29.7 Å². The van der Waals surface area contributed by atoms with Crippen LogP contribution in [0.15, 0.2) is 41.0 Å². The second-order valence-corrected chi connectivity index (χ2v) is 7.51. The number of hydrogen-bond acceptors (Lipinski definition) is 6. The molecule has 1 aliphatic heterocycles. The first-order valence-electron chi connectivity index (χ1n) is 9.30. The van der Waals surface area contributed by atoms with Gasteiger partial charge in [-0.05, 0) is 30.2 Å². The smallest absolute Gasteiger partial charge is 0.295 e. The molecule has 0 unspecified atom stereocenters. The summed E-state index contributed by atoms with van der Waals surface area (Å²) in [5, 5.41) is 0.723. The fraction of sp³-hybridized carbons (Fsp3) is 0.400. The number of amides is 1. The Balaban J connectivity index is 1.63. The van der Waals surface area contributed by atoms with Crippen molar-refractivity contribution < 1.29 is 13.9 Å². The van der Waals surface area contributed by atoms with Crippen LogP contribution in [0.1, 0.15) is 23.0 Å². The molecule has 2 aromatic heterocycles. The predicted octanol–water partition coefficient (Wildman–Crippen LogP) is 3.43. The van der Waals surface area contributed by atoms with Crippen LogP contribution >= 0.6 is 11.3 Å². The van der Waals surface area contributed by atoms with Gasteiger partial charge < -0.3 is 9.15 Å². The van der Waals surface area contributed by atoms with E-state index in [1.807, 2.05) is 0 Å². The summed E-state index contributed by atoms with van der Waals surface area (Å²) >= 11 is 1.56. The van der Waals surface area contributed by atoms with E-state index in [0.717, 1.165) is 54.6 Å². The van der Waals surface area contributed by atoms with E-state index in [1.54, 1.807) is 28.4 Å². The van der Waals surface area contributed by atoms with E-state index >= 15 is 0 Å². The number of nitrogens with zero attached hydrogens (tertiary/aromatic N) is 3. The van der Waals surface area contributed by atoms with Gasteiger partial charge in [0.1, 0.15) is 0 Å². The zero-order chi connectivity index (χ0) is 18.6. The van der Waals surface area contributed by atoms with Crippen LogP contribution in [-0.2, 0) is 11.2 Å². The third kappa shape index (κ3) is 3.90. The highest BCUT2D eigenvalue weighted by molar-refractivity contribution is 7.22. The summed E-state index contributed by atoms with van der Waals surface area (Å²) in [4.78, 5) is 21.9. The van der Waals surface area contributed by atoms with Crippen molar-refractivity contribution in [3.63, 3.8) is 0 Å². The van der Waals surface area contributed by atoms with E-state index in [9.17, 15) is 4.79 Å². The molecule has 0 atom stereocenters. The first-order chi connectivity index (χ1) is 13.3. The minimum absolute atomic E-state index is 0.148. The number of aryl methyl sites for hydroxylation is 1. The van der Waals surface area contributed by atoms with Crippen LogP contribution in [-0.4, -0.2) is 55.2 Å². The molecule has 1 saturated heterocycles. The molecule has 0 spiro atoms. The molecule has 1 aromatic carbocycles. The third-order valence-electron chi connectivity index (χ3n) is 4.82. The summed E-state index contributed by atoms with van der Waals surface area (Å²) in [5.74, 6) is 0.192. The lowest BCUT2D eigenvalue weighted by Crippen LogP contribution is -2.43. The number of benzene rings is 1. The molecule has 6 nitrogen and oxygen atoms in total. The van der Waals surface area contributed by atoms with Crippen LogP contribution in [0.3, 0.4) is 0 Å². The topological polar surface area (TPSA) is 58.8 Å². The van der Waals surface area contributed by atoms with Crippen LogP contribution in [0, 0.1) is 0 Å². The van der Waals surface area contributed by atoms with Gasteiger partial charge in [0.15, 0.2) is 10.9 Å². The molecule has 3 aromatic rings. The maximum atomic E-state index is 13.1. The van der Waals surface area contributed by atoms with E-state index in [-0.39, 0.29) is 5.91 Å². The van der Waals surface area contributed by atoms with Gasteiger partial charge in [0.2, 0.25) is 0 Å². The number of rotatable bonds is 6. The third-order valence-corrected chi connectivity index (χ3v) is 5.87. The first kappa shape index (κ1) is 18.2. The van der Waals surface area contributed by atoms with E-state index in [2.05, 4.69) is 30.0 Å². The number of carbonyl (C=O) groups is 1. The fourth-order valence-electron chi connectivity index (χ4n) is 3.28. The summed E-state index contributed by atoms with van der Waals surface area (Å²) in [6.07, 6.45) is 2.45. The lowest BCUT2D eigenvalue weighted by Gasteiger charge is -2.28. The molecule has 1 fully saturated rings. The number of anilines is 1. The highest BCUT2D eigenvalue weighted by Gasteiger charge is 2.24. The number of para-hydroxylation sites is 1. The van der Waals surface area contributed by atoms with Crippen molar-refractivity contribution in [2.45, 2.75) is 13.3 Å². The predicted molar refractivity (Wildman–Crippen MR) is 107 cm³/mol. The minimum Gasteiger partial charge on any atom is -0.459 e. The second kappa shape index (κ2) is 8.21. The van der Waals surface area contributed by atoms with Gasteiger partial charge in [-0.3, -0.25) is 14.6 Å². The zero-order valence-electron chi connectivity index (χ0n) is 15.4. The Hall–Kier alpha value is -2.22. The number of fused-ring (bicyclic) bond motifs is 1. The van der Waals surface area contributed by atoms with Crippen molar-refractivity contribution in [2.24, 2.45) is 0 Å². The Bertz CT molecular complexity index is 900. The second-order valence-electron chi connectivity index (χ2n) is 6.50. The molecule has 0 bridgehead atoms. The number of hydrogen-bond donors (Lipinski definition) is 0. The molecule has 4 rings (SSSR count). The first-order valence-corrected chi connectivity index (χ1v) is 10.1. The molecule has 3 heterocycles. The van der Waals surface area contributed by atoms with E-state index in [0.29, 0.717) is 12.3 Å². The van der Waals surface area contributed by atoms with Crippen LogP contribution in [0.5, 0.6) is 0 Å². The van der Waals surface area contributed by atoms with Gasteiger partial charge in [-0.25, -0.2) is 4.98 Å². The molecule has 1 aliphatic rings. The van der Waals surface area contributed by atoms with Crippen LogP contribution in [0.4, 0.5) is 5.13 Å². The number of furan rings is 1. The quantitative estimate of drug-likeness (QED) is 0.651. The van der Waals surface area contributed by atoms with E-state index in [1.165, 1.54) is 11.8 Å². The summed E-state index contributed by atoms with van der Waals surface area (Å²) in [6.45, 7) is 6.75. The van der Waals surface area contributed by atoms with Gasteiger partial charge in [0.25, 0.3) is 5.91 Å². The molecule has 0 radical (unpaired) electrons. The molecule has 1 amide bonds. The molecule has 0 aliphatic carbocycles. The van der Waals surface area contributed by atoms with Crippen molar-refractivity contribution in [3.8, 4) is 0 Å². The van der Waals surface area contributed by atoms with Crippen molar-refractivity contribution >= 4 is 32.6 Å². The average Bonchev–Trinajstić information content (AvgIpc) is 3.38. The number of aromatic nitrogens is 1. The monoisotopic (exact) mass is 385 g/mol. The standard InChI is InChI=1S/C20H23N3O3S/c1-2-15-5-3-7-17-18(15)21-20(27-17)23(19(24)16-6-4-12-26-16)9-8-22-10-13-25-14-11-22/h3-7,12H,2,8-11,13-14H2,1H3. The summed E-state index contributed by atoms with van der Waals surface area (Å²) < 4.78 is 11.9. The summed E-state index contributed by atoms with van der Waals surface area (Å²) in [6, 6.07) is 9.65. The van der Waals surface area contributed by atoms with Gasteiger partial charge in [-0.15, -0.1) is 0 Å². The van der Waals surface area contributed by atoms with E-state index < -0.39 is 0 Å².